The number of rotatable bonds is 12. The molecule has 694 valence electrons. The predicted molar refractivity (Wildman–Crippen MR) is 618 cm³/mol. The summed E-state index contributed by atoms with van der Waals surface area (Å²) in [4.78, 5) is 43.4. The van der Waals surface area contributed by atoms with Crippen molar-refractivity contribution in [3.63, 3.8) is 0 Å². The summed E-state index contributed by atoms with van der Waals surface area (Å²) in [5, 5.41) is 6.63. The molecule has 146 heavy (non-hydrogen) atoms. The van der Waals surface area contributed by atoms with Crippen LogP contribution in [0.4, 0.5) is 0 Å². The molecule has 0 atom stereocenters. The van der Waals surface area contributed by atoms with Crippen LogP contribution >= 0.6 is 79.6 Å². The predicted octanol–water partition coefficient (Wildman–Crippen LogP) is 35.1. The summed E-state index contributed by atoms with van der Waals surface area (Å²) >= 11 is 18.0. The summed E-state index contributed by atoms with van der Waals surface area (Å²) in [6.07, 6.45) is 9.23. The maximum atomic E-state index is 5.12. The Morgan fingerprint density at radius 2 is 0.479 bits per heavy atom. The van der Waals surface area contributed by atoms with Gasteiger partial charge in [-0.2, -0.15) is 0 Å². The third kappa shape index (κ3) is 18.1. The highest BCUT2D eigenvalue weighted by atomic mass is 79.9. The zero-order valence-electron chi connectivity index (χ0n) is 77.9. The Kier molecular flexibility index (Phi) is 25.4. The van der Waals surface area contributed by atoms with Gasteiger partial charge in [-0.15, -0.1) is 0 Å². The number of pyridine rings is 7. The number of fused-ring (bicyclic) bond motifs is 16. The van der Waals surface area contributed by atoms with Crippen LogP contribution in [0.5, 0.6) is 0 Å². The second-order valence-corrected chi connectivity index (χ2v) is 39.7. The SMILES string of the molecule is Brc1ccc2c(c1)c1ncccc1n2-c1cc(-c2ccccc2)cc(-c2ccccc2)n1.Brc1ccc2c(c1)c1ncccc1n2-c1cc(-c2ccccc2)nc(-c2ccccc2)c1.Brc1ccc2c(c1)c1ncccc1n2-c1ccc(-c2ccccc2)cc1.Brc1ccc2c(c1)c1ncccc1n2-c1cccc(-c2ccccc2)c1.Brc1ccc2c(c1)c1ncccc1n2-c1nc(-c2ccccc2)c2ccccc2n1. The van der Waals surface area contributed by atoms with E-state index >= 15 is 0 Å². The lowest BCUT2D eigenvalue weighted by Gasteiger charge is -2.13. The van der Waals surface area contributed by atoms with E-state index in [4.69, 9.17) is 24.9 Å². The van der Waals surface area contributed by atoms with Gasteiger partial charge in [-0.25, -0.2) is 19.9 Å². The van der Waals surface area contributed by atoms with Crippen LogP contribution < -0.4 is 0 Å². The fraction of sp³-hybridized carbons (Fsp3) is 0. The van der Waals surface area contributed by atoms with Gasteiger partial charge in [0, 0.05) is 119 Å². The first-order chi connectivity index (χ1) is 72.0. The van der Waals surface area contributed by atoms with E-state index in [1.807, 2.05) is 177 Å². The summed E-state index contributed by atoms with van der Waals surface area (Å²) in [5.41, 5.74) is 35.3. The van der Waals surface area contributed by atoms with Gasteiger partial charge in [-0.05, 0) is 240 Å². The molecule has 14 nitrogen and oxygen atoms in total. The second kappa shape index (κ2) is 40.5. The van der Waals surface area contributed by atoms with E-state index in [0.717, 1.165) is 222 Å². The van der Waals surface area contributed by atoms with E-state index in [2.05, 4.69) is 438 Å². The summed E-state index contributed by atoms with van der Waals surface area (Å²) in [6, 6.07) is 159. The quantitative estimate of drug-likeness (QED) is 0.117. The molecule has 0 fully saturated rings. The lowest BCUT2D eigenvalue weighted by molar-refractivity contribution is 1.01. The van der Waals surface area contributed by atoms with Crippen LogP contribution in [-0.4, -0.2) is 67.7 Å². The van der Waals surface area contributed by atoms with Crippen LogP contribution in [0.25, 0.3) is 228 Å². The highest BCUT2D eigenvalue weighted by Crippen LogP contribution is 2.43. The lowest BCUT2D eigenvalue weighted by atomic mass is 10.0. The van der Waals surface area contributed by atoms with Gasteiger partial charge in [0.05, 0.1) is 117 Å². The molecule has 0 saturated carbocycles. The third-order valence-electron chi connectivity index (χ3n) is 26.1. The zero-order valence-corrected chi connectivity index (χ0v) is 85.8. The molecule has 13 heterocycles. The largest absolute Gasteiger partial charge is 0.308 e. The van der Waals surface area contributed by atoms with E-state index in [9.17, 15) is 0 Å². The normalized spacial score (nSPS) is 11.3. The van der Waals surface area contributed by atoms with Gasteiger partial charge in [0.2, 0.25) is 5.95 Å². The van der Waals surface area contributed by atoms with Crippen LogP contribution in [-0.2, 0) is 0 Å². The first-order valence-electron chi connectivity index (χ1n) is 47.6. The number of benzene rings is 15. The van der Waals surface area contributed by atoms with Crippen LogP contribution in [0, 0.1) is 0 Å². The monoisotopic (exact) mass is 2200 g/mol. The van der Waals surface area contributed by atoms with Crippen molar-refractivity contribution in [1.82, 2.24) is 67.7 Å². The molecule has 0 unspecified atom stereocenters. The first kappa shape index (κ1) is 91.6. The molecule has 15 aromatic carbocycles. The van der Waals surface area contributed by atoms with Gasteiger partial charge >= 0.3 is 0 Å². The van der Waals surface area contributed by atoms with Crippen molar-refractivity contribution in [2.75, 3.05) is 0 Å². The highest BCUT2D eigenvalue weighted by molar-refractivity contribution is 9.11. The van der Waals surface area contributed by atoms with Crippen LogP contribution in [0.15, 0.2) is 514 Å². The van der Waals surface area contributed by atoms with Gasteiger partial charge in [0.25, 0.3) is 0 Å². The van der Waals surface area contributed by atoms with Crippen molar-refractivity contribution in [1.29, 1.82) is 0 Å². The molecule has 13 aromatic heterocycles. The Labute approximate surface area is 881 Å². The van der Waals surface area contributed by atoms with Gasteiger partial charge in [0.1, 0.15) is 5.82 Å². The molecule has 0 aliphatic heterocycles. The van der Waals surface area contributed by atoms with E-state index in [-0.39, 0.29) is 0 Å². The molecule has 0 amide bonds. The van der Waals surface area contributed by atoms with Crippen molar-refractivity contribution in [2.45, 2.75) is 0 Å². The van der Waals surface area contributed by atoms with Gasteiger partial charge < -0.3 is 13.7 Å². The Morgan fingerprint density at radius 3 is 0.897 bits per heavy atom. The van der Waals surface area contributed by atoms with Crippen LogP contribution in [0.2, 0.25) is 0 Å². The van der Waals surface area contributed by atoms with Crippen molar-refractivity contribution in [2.24, 2.45) is 0 Å². The molecule has 28 rings (SSSR count). The average molecular weight is 2200 g/mol. The maximum absolute atomic E-state index is 5.12. The number of halogens is 5. The second-order valence-electron chi connectivity index (χ2n) is 35.1. The lowest BCUT2D eigenvalue weighted by Crippen LogP contribution is -2.03. The number of hydrogen-bond acceptors (Lipinski definition) is 9. The molecule has 0 aliphatic rings. The summed E-state index contributed by atoms with van der Waals surface area (Å²) in [6.45, 7) is 0. The van der Waals surface area contributed by atoms with Crippen molar-refractivity contribution < 1.29 is 0 Å². The third-order valence-corrected chi connectivity index (χ3v) is 28.6. The molecule has 0 radical (unpaired) electrons. The summed E-state index contributed by atoms with van der Waals surface area (Å²) in [7, 11) is 0. The van der Waals surface area contributed by atoms with Crippen molar-refractivity contribution in [3.05, 3.63) is 514 Å². The zero-order chi connectivity index (χ0) is 98.1. The van der Waals surface area contributed by atoms with Gasteiger partial charge in [0.15, 0.2) is 0 Å². The number of aromatic nitrogens is 14. The number of nitrogens with zero attached hydrogens (tertiary/aromatic N) is 14. The maximum Gasteiger partial charge on any atom is 0.235 e. The highest BCUT2D eigenvalue weighted by Gasteiger charge is 2.24. The standard InChI is InChI=1S/2C28H18BrN3.C25H15BrN4.2C23H15BrN2/c29-22-13-14-25-23(18-22)28-26(12-7-15-30-28)32(25)27-17-21(19-8-3-1-4-9-19)16-24(31-27)20-10-5-2-6-11-20;29-21-13-14-26-23(16-21)28-27(12-7-15-30-28)32(26)22-17-24(19-8-3-1-4-9-19)31-25(18-22)20-10-5-2-6-11-20;26-17-12-13-21-19(15-17)24-22(11-6-14-27-24)30(21)25-28-20-10-5-4-9-18(20)23(29-25)16-7-2-1-3-8-16;24-18-11-12-21-20(15-18)23-22(10-5-13-25-23)26(21)19-9-4-8-17(14-19)16-6-2-1-3-7-16;24-18-10-13-21-20(15-18)23-22(7-4-14-25-23)26(21)19-11-8-17(9-12-19)16-5-2-1-3-6-16/h2*1-18H;1-15H;2*1-15H. The minimum Gasteiger partial charge on any atom is -0.308 e. The fourth-order valence-electron chi connectivity index (χ4n) is 19.5. The minimum atomic E-state index is 0.642. The van der Waals surface area contributed by atoms with Gasteiger partial charge in [-0.1, -0.05) is 334 Å². The molecule has 19 heteroatoms. The van der Waals surface area contributed by atoms with Crippen LogP contribution in [0.1, 0.15) is 0 Å². The van der Waals surface area contributed by atoms with Crippen molar-refractivity contribution in [3.8, 4) is 107 Å². The molecular formula is C127H81Br5N14. The average Bonchev–Trinajstić information content (AvgIpc) is 1.60. The number of para-hydroxylation sites is 1. The minimum absolute atomic E-state index is 0.642. The molecular weight excluding hydrogens is 2120 g/mol. The van der Waals surface area contributed by atoms with E-state index in [0.29, 0.717) is 5.95 Å². The van der Waals surface area contributed by atoms with E-state index in [1.165, 1.54) is 22.3 Å². The molecule has 0 N–H and O–H groups in total. The molecule has 0 bridgehead atoms. The molecule has 0 spiro atoms. The smallest absolute Gasteiger partial charge is 0.235 e. The molecule has 0 aliphatic carbocycles. The molecule has 28 aromatic rings. The molecule has 0 saturated heterocycles. The van der Waals surface area contributed by atoms with Crippen LogP contribution in [0.3, 0.4) is 0 Å². The Balaban J connectivity index is 0.0000000981. The van der Waals surface area contributed by atoms with Crippen molar-refractivity contribution >= 4 is 200 Å². The van der Waals surface area contributed by atoms with Gasteiger partial charge in [-0.3, -0.25) is 34.1 Å². The summed E-state index contributed by atoms with van der Waals surface area (Å²) in [5.74, 6) is 1.52. The first-order valence-corrected chi connectivity index (χ1v) is 51.6. The van der Waals surface area contributed by atoms with E-state index in [1.54, 1.807) is 0 Å². The topological polar surface area (TPSA) is 141 Å². The Morgan fingerprint density at radius 1 is 0.164 bits per heavy atom. The van der Waals surface area contributed by atoms with E-state index < -0.39 is 0 Å². The summed E-state index contributed by atoms with van der Waals surface area (Å²) < 4.78 is 16.4. The Bertz CT molecular complexity index is 9400. The Hall–Kier alpha value is -16.9. The number of hydrogen-bond donors (Lipinski definition) is 0. The fourth-order valence-corrected chi connectivity index (χ4v) is 21.4.